The maximum atomic E-state index is 12.0. The smallest absolute Gasteiger partial charge is 0.337 e. The maximum absolute atomic E-state index is 12.0. The third kappa shape index (κ3) is 4.08. The summed E-state index contributed by atoms with van der Waals surface area (Å²) in [6.07, 6.45) is 0. The fraction of sp³-hybridized carbons (Fsp3) is 0.385. The molecule has 0 heterocycles. The molecule has 7 nitrogen and oxygen atoms in total. The van der Waals surface area contributed by atoms with Crippen molar-refractivity contribution in [2.24, 2.45) is 0 Å². The van der Waals surface area contributed by atoms with Crippen LogP contribution >= 0.6 is 15.9 Å². The normalized spacial score (nSPS) is 13.2. The van der Waals surface area contributed by atoms with E-state index in [1.807, 2.05) is 0 Å². The van der Waals surface area contributed by atoms with Gasteiger partial charge in [-0.25, -0.2) is 4.79 Å². The lowest BCUT2D eigenvalue weighted by molar-refractivity contribution is -0.155. The summed E-state index contributed by atoms with van der Waals surface area (Å²) in [6.45, 7) is 0.667. The minimum atomic E-state index is -2.04. The van der Waals surface area contributed by atoms with Gasteiger partial charge in [-0.1, -0.05) is 0 Å². The van der Waals surface area contributed by atoms with Gasteiger partial charge < -0.3 is 25.0 Å². The van der Waals surface area contributed by atoms with Gasteiger partial charge in [0.05, 0.1) is 20.8 Å². The monoisotopic (exact) mass is 361 g/mol. The number of carboxylic acids is 1. The molecular weight excluding hydrogens is 346 g/mol. The van der Waals surface area contributed by atoms with E-state index in [-0.39, 0.29) is 5.56 Å². The Hall–Kier alpha value is -1.80. The van der Waals surface area contributed by atoms with Crippen molar-refractivity contribution in [1.82, 2.24) is 5.32 Å². The van der Waals surface area contributed by atoms with E-state index in [4.69, 9.17) is 14.6 Å². The second-order valence-electron chi connectivity index (χ2n) is 4.46. The first-order valence-corrected chi connectivity index (χ1v) is 6.67. The molecule has 1 amide bonds. The molecule has 1 atom stereocenters. The number of rotatable bonds is 6. The van der Waals surface area contributed by atoms with Gasteiger partial charge in [-0.2, -0.15) is 0 Å². The molecule has 116 valence electrons. The number of carbonyl (C=O) groups excluding carboxylic acids is 1. The van der Waals surface area contributed by atoms with Gasteiger partial charge in [0.1, 0.15) is 16.0 Å². The molecule has 1 rings (SSSR count). The Labute approximate surface area is 130 Å². The predicted molar refractivity (Wildman–Crippen MR) is 77.8 cm³/mol. The van der Waals surface area contributed by atoms with Crippen LogP contribution in [0.5, 0.6) is 11.5 Å². The first-order valence-electron chi connectivity index (χ1n) is 5.88. The predicted octanol–water partition coefficient (Wildman–Crippen LogP) is 1.03. The molecule has 0 saturated carbocycles. The Morgan fingerprint density at radius 2 is 1.76 bits per heavy atom. The molecule has 3 N–H and O–H groups in total. The number of nitrogens with one attached hydrogen (secondary N) is 1. The van der Waals surface area contributed by atoms with E-state index < -0.39 is 24.0 Å². The molecule has 1 aromatic carbocycles. The molecule has 0 spiro atoms. The molecule has 0 aliphatic heterocycles. The van der Waals surface area contributed by atoms with Crippen molar-refractivity contribution in [3.05, 3.63) is 22.2 Å². The third-order valence-corrected chi connectivity index (χ3v) is 3.54. The van der Waals surface area contributed by atoms with Crippen LogP contribution in [0.2, 0.25) is 0 Å². The Morgan fingerprint density at radius 3 is 2.14 bits per heavy atom. The molecule has 0 radical (unpaired) electrons. The van der Waals surface area contributed by atoms with Gasteiger partial charge in [-0.15, -0.1) is 0 Å². The summed E-state index contributed by atoms with van der Waals surface area (Å²) < 4.78 is 10.8. The van der Waals surface area contributed by atoms with Crippen LogP contribution < -0.4 is 14.8 Å². The zero-order chi connectivity index (χ0) is 16.2. The zero-order valence-electron chi connectivity index (χ0n) is 11.8. The van der Waals surface area contributed by atoms with Gasteiger partial charge in [-0.3, -0.25) is 4.79 Å². The number of carbonyl (C=O) groups is 2. The van der Waals surface area contributed by atoms with E-state index in [1.165, 1.54) is 26.4 Å². The first-order chi connectivity index (χ1) is 9.72. The Kier molecular flexibility index (Phi) is 5.56. The molecule has 21 heavy (non-hydrogen) atoms. The number of carboxylic acid groups (broad SMARTS) is 1. The van der Waals surface area contributed by atoms with Crippen LogP contribution in [-0.2, 0) is 4.79 Å². The average molecular weight is 362 g/mol. The molecule has 0 fully saturated rings. The lowest BCUT2D eigenvalue weighted by Crippen LogP contribution is -2.46. The summed E-state index contributed by atoms with van der Waals surface area (Å²) in [5, 5.41) is 20.7. The Morgan fingerprint density at radius 1 is 1.29 bits per heavy atom. The van der Waals surface area contributed by atoms with E-state index in [0.29, 0.717) is 16.0 Å². The summed E-state index contributed by atoms with van der Waals surface area (Å²) in [7, 11) is 2.88. The van der Waals surface area contributed by atoms with Crippen LogP contribution in [0.1, 0.15) is 17.3 Å². The van der Waals surface area contributed by atoms with Crippen molar-refractivity contribution in [2.45, 2.75) is 12.5 Å². The molecule has 0 bridgehead atoms. The second kappa shape index (κ2) is 6.77. The fourth-order valence-corrected chi connectivity index (χ4v) is 1.98. The highest BCUT2D eigenvalue weighted by Gasteiger charge is 2.30. The number of aliphatic hydroxyl groups is 1. The quantitative estimate of drug-likeness (QED) is 0.698. The maximum Gasteiger partial charge on any atom is 0.337 e. The minimum Gasteiger partial charge on any atom is -0.495 e. The second-order valence-corrected chi connectivity index (χ2v) is 5.25. The summed E-state index contributed by atoms with van der Waals surface area (Å²) in [5.41, 5.74) is -1.83. The molecule has 0 aliphatic carbocycles. The van der Waals surface area contributed by atoms with Gasteiger partial charge in [0.15, 0.2) is 5.60 Å². The van der Waals surface area contributed by atoms with Gasteiger partial charge in [0, 0.05) is 5.56 Å². The molecular formula is C13H16BrNO6. The van der Waals surface area contributed by atoms with E-state index >= 15 is 0 Å². The SMILES string of the molecule is COc1cc(C(=O)NCC(C)(O)C(=O)O)cc(OC)c1Br. The minimum absolute atomic E-state index is 0.216. The average Bonchev–Trinajstić information content (AvgIpc) is 2.44. The van der Waals surface area contributed by atoms with E-state index in [0.717, 1.165) is 6.92 Å². The largest absolute Gasteiger partial charge is 0.495 e. The van der Waals surface area contributed by atoms with Crippen LogP contribution in [-0.4, -0.2) is 48.5 Å². The molecule has 0 aliphatic rings. The van der Waals surface area contributed by atoms with Gasteiger partial charge in [0.2, 0.25) is 0 Å². The van der Waals surface area contributed by atoms with Crippen LogP contribution in [0, 0.1) is 0 Å². The number of benzene rings is 1. The highest BCUT2D eigenvalue weighted by Crippen LogP contribution is 2.35. The number of hydrogen-bond acceptors (Lipinski definition) is 5. The van der Waals surface area contributed by atoms with Crippen LogP contribution in [0.15, 0.2) is 16.6 Å². The number of amides is 1. The molecule has 1 aromatic rings. The summed E-state index contributed by atoms with van der Waals surface area (Å²) >= 11 is 3.28. The topological polar surface area (TPSA) is 105 Å². The zero-order valence-corrected chi connectivity index (χ0v) is 13.4. The fourth-order valence-electron chi connectivity index (χ4n) is 1.43. The van der Waals surface area contributed by atoms with Crippen LogP contribution in [0.4, 0.5) is 0 Å². The van der Waals surface area contributed by atoms with Crippen molar-refractivity contribution >= 4 is 27.8 Å². The first kappa shape index (κ1) is 17.3. The lowest BCUT2D eigenvalue weighted by atomic mass is 10.1. The highest BCUT2D eigenvalue weighted by molar-refractivity contribution is 9.10. The van der Waals surface area contributed by atoms with Gasteiger partial charge in [-0.05, 0) is 35.0 Å². The summed E-state index contributed by atoms with van der Waals surface area (Å²) in [6, 6.07) is 2.94. The summed E-state index contributed by atoms with van der Waals surface area (Å²) in [5.74, 6) is -1.19. The standard InChI is InChI=1S/C13H16BrNO6/c1-13(19,12(17)18)6-15-11(16)7-4-8(20-2)10(14)9(5-7)21-3/h4-5,19H,6H2,1-3H3,(H,15,16)(H,17,18). The number of methoxy groups -OCH3 is 2. The number of ether oxygens (including phenoxy) is 2. The Balaban J connectivity index is 2.95. The molecule has 0 aromatic heterocycles. The van der Waals surface area contributed by atoms with E-state index in [1.54, 1.807) is 0 Å². The van der Waals surface area contributed by atoms with Crippen molar-refractivity contribution in [3.63, 3.8) is 0 Å². The van der Waals surface area contributed by atoms with Crippen molar-refractivity contribution in [2.75, 3.05) is 20.8 Å². The Bertz CT molecular complexity index is 533. The molecule has 1 unspecified atom stereocenters. The van der Waals surface area contributed by atoms with Crippen molar-refractivity contribution in [3.8, 4) is 11.5 Å². The van der Waals surface area contributed by atoms with E-state index in [2.05, 4.69) is 21.2 Å². The van der Waals surface area contributed by atoms with Crippen molar-refractivity contribution in [1.29, 1.82) is 0 Å². The van der Waals surface area contributed by atoms with Crippen LogP contribution in [0.25, 0.3) is 0 Å². The highest BCUT2D eigenvalue weighted by atomic mass is 79.9. The summed E-state index contributed by atoms with van der Waals surface area (Å²) in [4.78, 5) is 22.8. The number of hydrogen-bond donors (Lipinski definition) is 3. The molecule has 0 saturated heterocycles. The van der Waals surface area contributed by atoms with Crippen molar-refractivity contribution < 1.29 is 29.3 Å². The van der Waals surface area contributed by atoms with E-state index in [9.17, 15) is 14.7 Å². The third-order valence-electron chi connectivity index (χ3n) is 2.76. The van der Waals surface area contributed by atoms with Crippen LogP contribution in [0.3, 0.4) is 0 Å². The lowest BCUT2D eigenvalue weighted by Gasteiger charge is -2.18. The van der Waals surface area contributed by atoms with Gasteiger partial charge >= 0.3 is 5.97 Å². The number of aliphatic carboxylic acids is 1. The molecule has 8 heteroatoms. The van der Waals surface area contributed by atoms with Gasteiger partial charge in [0.25, 0.3) is 5.91 Å². The number of halogens is 1.